The SMILES string of the molecule is NC(N)=Nc1cccc([C@H](CS)C(=O)O)c1. The summed E-state index contributed by atoms with van der Waals surface area (Å²) in [6.45, 7) is 0. The van der Waals surface area contributed by atoms with Gasteiger partial charge in [-0.15, -0.1) is 0 Å². The molecule has 5 N–H and O–H groups in total. The van der Waals surface area contributed by atoms with Crippen molar-refractivity contribution in [1.29, 1.82) is 0 Å². The molecule has 16 heavy (non-hydrogen) atoms. The van der Waals surface area contributed by atoms with Crippen LogP contribution in [0.2, 0.25) is 0 Å². The molecule has 1 aromatic carbocycles. The first kappa shape index (κ1) is 12.4. The molecule has 0 aliphatic carbocycles. The number of carbonyl (C=O) groups is 1. The lowest BCUT2D eigenvalue weighted by Gasteiger charge is -2.09. The summed E-state index contributed by atoms with van der Waals surface area (Å²) in [7, 11) is 0. The summed E-state index contributed by atoms with van der Waals surface area (Å²) < 4.78 is 0. The van der Waals surface area contributed by atoms with Gasteiger partial charge in [-0.1, -0.05) is 12.1 Å². The third-order valence-electron chi connectivity index (χ3n) is 2.01. The number of aliphatic imine (C=N–C) groups is 1. The third-order valence-corrected chi connectivity index (χ3v) is 2.38. The molecule has 0 aliphatic rings. The molecule has 0 amide bonds. The molecule has 0 bridgehead atoms. The number of rotatable bonds is 4. The Morgan fingerprint density at radius 3 is 2.69 bits per heavy atom. The van der Waals surface area contributed by atoms with Crippen LogP contribution >= 0.6 is 12.6 Å². The minimum absolute atomic E-state index is 0.0603. The van der Waals surface area contributed by atoms with Gasteiger partial charge in [-0.2, -0.15) is 12.6 Å². The Hall–Kier alpha value is -1.69. The van der Waals surface area contributed by atoms with Crippen molar-refractivity contribution >= 4 is 30.2 Å². The molecule has 5 nitrogen and oxygen atoms in total. The Kier molecular flexibility index (Phi) is 4.19. The van der Waals surface area contributed by atoms with E-state index in [-0.39, 0.29) is 11.7 Å². The maximum atomic E-state index is 10.9. The summed E-state index contributed by atoms with van der Waals surface area (Å²) >= 11 is 4.00. The van der Waals surface area contributed by atoms with Gasteiger partial charge in [0.2, 0.25) is 0 Å². The lowest BCUT2D eigenvalue weighted by atomic mass is 10.0. The van der Waals surface area contributed by atoms with E-state index in [4.69, 9.17) is 16.6 Å². The first-order chi connectivity index (χ1) is 7.54. The van der Waals surface area contributed by atoms with Crippen LogP contribution in [0.5, 0.6) is 0 Å². The largest absolute Gasteiger partial charge is 0.481 e. The maximum absolute atomic E-state index is 10.9. The van der Waals surface area contributed by atoms with E-state index in [0.29, 0.717) is 11.3 Å². The lowest BCUT2D eigenvalue weighted by Crippen LogP contribution is -2.21. The van der Waals surface area contributed by atoms with Gasteiger partial charge in [-0.25, -0.2) is 4.99 Å². The maximum Gasteiger partial charge on any atom is 0.311 e. The number of aliphatic carboxylic acids is 1. The van der Waals surface area contributed by atoms with Crippen molar-refractivity contribution in [2.75, 3.05) is 5.75 Å². The molecule has 0 spiro atoms. The van der Waals surface area contributed by atoms with Crippen molar-refractivity contribution in [3.05, 3.63) is 29.8 Å². The second kappa shape index (κ2) is 5.41. The highest BCUT2D eigenvalue weighted by atomic mass is 32.1. The number of guanidine groups is 1. The monoisotopic (exact) mass is 239 g/mol. The summed E-state index contributed by atoms with van der Waals surface area (Å²) in [4.78, 5) is 14.8. The van der Waals surface area contributed by atoms with Crippen molar-refractivity contribution < 1.29 is 9.90 Å². The highest BCUT2D eigenvalue weighted by Gasteiger charge is 2.17. The van der Waals surface area contributed by atoms with Gasteiger partial charge in [0.1, 0.15) is 0 Å². The van der Waals surface area contributed by atoms with Crippen molar-refractivity contribution in [2.45, 2.75) is 5.92 Å². The van der Waals surface area contributed by atoms with E-state index in [2.05, 4.69) is 17.6 Å². The summed E-state index contributed by atoms with van der Waals surface area (Å²) in [5.74, 6) is -1.41. The molecule has 0 aromatic heterocycles. The number of nitrogens with two attached hydrogens (primary N) is 2. The quantitative estimate of drug-likeness (QED) is 0.352. The zero-order chi connectivity index (χ0) is 12.1. The number of hydrogen-bond donors (Lipinski definition) is 4. The molecule has 1 rings (SSSR count). The van der Waals surface area contributed by atoms with Gasteiger partial charge in [0.15, 0.2) is 5.96 Å². The van der Waals surface area contributed by atoms with Gasteiger partial charge in [-0.3, -0.25) is 4.79 Å². The molecular formula is C10H13N3O2S. The van der Waals surface area contributed by atoms with Crippen LogP contribution in [0.25, 0.3) is 0 Å². The average molecular weight is 239 g/mol. The Balaban J connectivity index is 3.06. The molecule has 6 heteroatoms. The molecule has 1 atom stereocenters. The zero-order valence-corrected chi connectivity index (χ0v) is 9.39. The van der Waals surface area contributed by atoms with Crippen molar-refractivity contribution in [1.82, 2.24) is 0 Å². The zero-order valence-electron chi connectivity index (χ0n) is 8.50. The van der Waals surface area contributed by atoms with E-state index in [9.17, 15) is 4.79 Å². The molecule has 0 aliphatic heterocycles. The van der Waals surface area contributed by atoms with Crippen molar-refractivity contribution in [3.63, 3.8) is 0 Å². The molecule has 0 saturated heterocycles. The van der Waals surface area contributed by atoms with Crippen LogP contribution in [0.4, 0.5) is 5.69 Å². The van der Waals surface area contributed by atoms with E-state index in [1.165, 1.54) is 0 Å². The highest BCUT2D eigenvalue weighted by molar-refractivity contribution is 7.80. The summed E-state index contributed by atoms with van der Waals surface area (Å²) in [5, 5.41) is 8.97. The number of carboxylic acid groups (broad SMARTS) is 1. The fourth-order valence-electron chi connectivity index (χ4n) is 1.29. The minimum atomic E-state index is -0.920. The van der Waals surface area contributed by atoms with E-state index in [1.807, 2.05) is 0 Å². The molecule has 0 radical (unpaired) electrons. The number of hydrogen-bond acceptors (Lipinski definition) is 3. The predicted octanol–water partition coefficient (Wildman–Crippen LogP) is 0.689. The topological polar surface area (TPSA) is 102 Å². The molecule has 86 valence electrons. The van der Waals surface area contributed by atoms with Crippen LogP contribution < -0.4 is 11.5 Å². The van der Waals surface area contributed by atoms with Gasteiger partial charge in [-0.05, 0) is 17.7 Å². The fraction of sp³-hybridized carbons (Fsp3) is 0.200. The number of thiol groups is 1. The van der Waals surface area contributed by atoms with Crippen LogP contribution in [-0.4, -0.2) is 22.8 Å². The van der Waals surface area contributed by atoms with Crippen LogP contribution in [0.1, 0.15) is 11.5 Å². The molecule has 0 fully saturated rings. The van der Waals surface area contributed by atoms with Crippen LogP contribution in [-0.2, 0) is 4.79 Å². The van der Waals surface area contributed by atoms with Gasteiger partial charge < -0.3 is 16.6 Å². The highest BCUT2D eigenvalue weighted by Crippen LogP contribution is 2.22. The fourth-order valence-corrected chi connectivity index (χ4v) is 1.65. The van der Waals surface area contributed by atoms with Crippen LogP contribution in [0, 0.1) is 0 Å². The van der Waals surface area contributed by atoms with Crippen molar-refractivity contribution in [2.24, 2.45) is 16.5 Å². The third kappa shape index (κ3) is 3.16. The minimum Gasteiger partial charge on any atom is -0.481 e. The van der Waals surface area contributed by atoms with E-state index in [0.717, 1.165) is 0 Å². The molecular weight excluding hydrogens is 226 g/mol. The number of benzene rings is 1. The molecule has 0 unspecified atom stereocenters. The Morgan fingerprint density at radius 1 is 1.50 bits per heavy atom. The first-order valence-corrected chi connectivity index (χ1v) is 5.21. The second-order valence-electron chi connectivity index (χ2n) is 3.21. The Bertz CT molecular complexity index is 416. The Labute approximate surface area is 98.6 Å². The van der Waals surface area contributed by atoms with E-state index < -0.39 is 11.9 Å². The van der Waals surface area contributed by atoms with Crippen LogP contribution in [0.3, 0.4) is 0 Å². The summed E-state index contributed by atoms with van der Waals surface area (Å²) in [5.41, 5.74) is 11.6. The van der Waals surface area contributed by atoms with Gasteiger partial charge in [0.25, 0.3) is 0 Å². The van der Waals surface area contributed by atoms with E-state index >= 15 is 0 Å². The lowest BCUT2D eigenvalue weighted by molar-refractivity contribution is -0.138. The molecule has 0 heterocycles. The standard InChI is InChI=1S/C10H13N3O2S/c11-10(12)13-7-3-1-2-6(4-7)8(5-16)9(14)15/h1-4,8,16H,5H2,(H,14,15)(H4,11,12,13)/t8-/m0/s1. The summed E-state index contributed by atoms with van der Waals surface area (Å²) in [6, 6.07) is 6.74. The van der Waals surface area contributed by atoms with E-state index in [1.54, 1.807) is 24.3 Å². The average Bonchev–Trinajstić information content (AvgIpc) is 2.17. The Morgan fingerprint density at radius 2 is 2.19 bits per heavy atom. The van der Waals surface area contributed by atoms with Crippen molar-refractivity contribution in [3.8, 4) is 0 Å². The van der Waals surface area contributed by atoms with Gasteiger partial charge in [0, 0.05) is 5.75 Å². The molecule has 1 aromatic rings. The summed E-state index contributed by atoms with van der Waals surface area (Å²) in [6.07, 6.45) is 0. The normalized spacial score (nSPS) is 11.8. The van der Waals surface area contributed by atoms with Gasteiger partial charge in [0.05, 0.1) is 11.6 Å². The number of carboxylic acids is 1. The smallest absolute Gasteiger partial charge is 0.311 e. The number of nitrogens with zero attached hydrogens (tertiary/aromatic N) is 1. The second-order valence-corrected chi connectivity index (χ2v) is 3.57. The van der Waals surface area contributed by atoms with Gasteiger partial charge >= 0.3 is 5.97 Å². The first-order valence-electron chi connectivity index (χ1n) is 4.58. The molecule has 0 saturated carbocycles. The predicted molar refractivity (Wildman–Crippen MR) is 66.1 cm³/mol. The van der Waals surface area contributed by atoms with Crippen LogP contribution in [0.15, 0.2) is 29.3 Å².